The Labute approximate surface area is 241 Å². The maximum Gasteiger partial charge on any atom is 0.264 e. The fraction of sp³-hybridized carbons (Fsp3) is 0.333. The number of nitrogens with one attached hydrogen (secondary N) is 1. The first-order valence-electron chi connectivity index (χ1n) is 13.2. The molecular weight excluding hydrogens is 550 g/mol. The van der Waals surface area contributed by atoms with E-state index in [4.69, 9.17) is 16.3 Å². The van der Waals surface area contributed by atoms with E-state index >= 15 is 0 Å². The lowest BCUT2D eigenvalue weighted by Crippen LogP contribution is -2.53. The Morgan fingerprint density at radius 1 is 0.925 bits per heavy atom. The molecule has 3 aromatic carbocycles. The molecule has 0 saturated carbocycles. The summed E-state index contributed by atoms with van der Waals surface area (Å²) in [6.07, 6.45) is 1.06. The largest absolute Gasteiger partial charge is 0.495 e. The third-order valence-corrected chi connectivity index (χ3v) is 8.64. The topological polar surface area (TPSA) is 96.0 Å². The Kier molecular flexibility index (Phi) is 11.0. The number of carbonyl (C=O) groups excluding carboxylic acids is 2. The second-order valence-electron chi connectivity index (χ2n) is 9.39. The second-order valence-corrected chi connectivity index (χ2v) is 11.7. The van der Waals surface area contributed by atoms with Crippen LogP contribution >= 0.6 is 11.6 Å². The summed E-state index contributed by atoms with van der Waals surface area (Å²) in [5.41, 5.74) is 0.966. The Morgan fingerprint density at radius 3 is 2.15 bits per heavy atom. The molecule has 0 spiro atoms. The van der Waals surface area contributed by atoms with E-state index in [0.29, 0.717) is 17.2 Å². The maximum atomic E-state index is 14.1. The quantitative estimate of drug-likeness (QED) is 0.295. The fourth-order valence-electron chi connectivity index (χ4n) is 4.22. The van der Waals surface area contributed by atoms with Crippen molar-refractivity contribution in [1.29, 1.82) is 0 Å². The van der Waals surface area contributed by atoms with Crippen molar-refractivity contribution in [3.8, 4) is 5.75 Å². The van der Waals surface area contributed by atoms with Crippen LogP contribution in [0, 0.1) is 0 Å². The molecule has 3 rings (SSSR count). The number of benzene rings is 3. The molecule has 2 atom stereocenters. The van der Waals surface area contributed by atoms with Gasteiger partial charge in [0.1, 0.15) is 18.3 Å². The molecule has 0 aromatic heterocycles. The fourth-order valence-corrected chi connectivity index (χ4v) is 5.79. The molecule has 1 N–H and O–H groups in total. The lowest BCUT2D eigenvalue weighted by atomic mass is 10.1. The van der Waals surface area contributed by atoms with Crippen LogP contribution in [-0.2, 0) is 26.2 Å². The average molecular weight is 586 g/mol. The Hall–Kier alpha value is -3.56. The SMILES string of the molecule is CC[C@H](C)NC(=O)[C@H](CC)N(Cc1ccc(Cl)cc1)C(=O)CN(c1ccccc1OC)S(=O)(=O)c1ccccc1. The van der Waals surface area contributed by atoms with E-state index in [-0.39, 0.29) is 29.1 Å². The van der Waals surface area contributed by atoms with Crippen LogP contribution in [-0.4, -0.2) is 50.9 Å². The number of halogens is 1. The van der Waals surface area contributed by atoms with Crippen molar-refractivity contribution < 1.29 is 22.7 Å². The number of carbonyl (C=O) groups is 2. The highest BCUT2D eigenvalue weighted by Gasteiger charge is 2.34. The van der Waals surface area contributed by atoms with Gasteiger partial charge in [-0.15, -0.1) is 0 Å². The highest BCUT2D eigenvalue weighted by molar-refractivity contribution is 7.92. The van der Waals surface area contributed by atoms with Crippen LogP contribution in [0.3, 0.4) is 0 Å². The number of ether oxygens (including phenoxy) is 1. The predicted octanol–water partition coefficient (Wildman–Crippen LogP) is 5.27. The number of amides is 2. The second kappa shape index (κ2) is 14.2. The highest BCUT2D eigenvalue weighted by atomic mass is 35.5. The van der Waals surface area contributed by atoms with Gasteiger partial charge in [-0.25, -0.2) is 8.42 Å². The number of sulfonamides is 1. The van der Waals surface area contributed by atoms with E-state index in [0.717, 1.165) is 16.3 Å². The molecule has 0 bridgehead atoms. The number of anilines is 1. The molecule has 0 aliphatic rings. The van der Waals surface area contributed by atoms with Crippen molar-refractivity contribution in [2.45, 2.75) is 57.1 Å². The van der Waals surface area contributed by atoms with E-state index in [1.165, 1.54) is 24.1 Å². The number of rotatable bonds is 13. The van der Waals surface area contributed by atoms with Gasteiger partial charge < -0.3 is 15.0 Å². The summed E-state index contributed by atoms with van der Waals surface area (Å²) < 4.78 is 34.3. The number of para-hydroxylation sites is 2. The molecule has 40 heavy (non-hydrogen) atoms. The predicted molar refractivity (Wildman–Crippen MR) is 158 cm³/mol. The van der Waals surface area contributed by atoms with Gasteiger partial charge in [-0.2, -0.15) is 0 Å². The maximum absolute atomic E-state index is 14.1. The zero-order valence-electron chi connectivity index (χ0n) is 23.2. The standard InChI is InChI=1S/C30H36ClN3O5S/c1-5-22(3)32-30(36)26(6-2)33(20-23-16-18-24(31)19-17-23)29(35)21-34(27-14-10-11-15-28(27)39-4)40(37,38)25-12-8-7-9-13-25/h7-19,22,26H,5-6,20-21H2,1-4H3,(H,32,36)/t22-,26-/m0/s1. The molecule has 0 fully saturated rings. The monoisotopic (exact) mass is 585 g/mol. The van der Waals surface area contributed by atoms with Crippen LogP contribution in [0.25, 0.3) is 0 Å². The lowest BCUT2D eigenvalue weighted by molar-refractivity contribution is -0.140. The minimum Gasteiger partial charge on any atom is -0.495 e. The molecule has 2 amide bonds. The van der Waals surface area contributed by atoms with Gasteiger partial charge in [0.15, 0.2) is 0 Å². The number of hydrogen-bond acceptors (Lipinski definition) is 5. The Balaban J connectivity index is 2.08. The van der Waals surface area contributed by atoms with E-state index in [1.54, 1.807) is 66.7 Å². The lowest BCUT2D eigenvalue weighted by Gasteiger charge is -2.34. The average Bonchev–Trinajstić information content (AvgIpc) is 2.96. The first-order chi connectivity index (χ1) is 19.1. The van der Waals surface area contributed by atoms with Gasteiger partial charge in [-0.05, 0) is 61.7 Å². The summed E-state index contributed by atoms with van der Waals surface area (Å²) in [5, 5.41) is 3.51. The van der Waals surface area contributed by atoms with Crippen LogP contribution in [0.2, 0.25) is 5.02 Å². The summed E-state index contributed by atoms with van der Waals surface area (Å²) in [4.78, 5) is 28.9. The summed E-state index contributed by atoms with van der Waals surface area (Å²) in [6.45, 7) is 5.22. The smallest absolute Gasteiger partial charge is 0.264 e. The number of methoxy groups -OCH3 is 1. The molecule has 3 aromatic rings. The van der Waals surface area contributed by atoms with Crippen LogP contribution in [0.15, 0.2) is 83.8 Å². The van der Waals surface area contributed by atoms with E-state index < -0.39 is 28.5 Å². The van der Waals surface area contributed by atoms with Gasteiger partial charge in [0.25, 0.3) is 10.0 Å². The van der Waals surface area contributed by atoms with E-state index in [2.05, 4.69) is 5.32 Å². The van der Waals surface area contributed by atoms with Crippen LogP contribution < -0.4 is 14.4 Å². The zero-order chi connectivity index (χ0) is 29.3. The summed E-state index contributed by atoms with van der Waals surface area (Å²) >= 11 is 6.07. The third-order valence-electron chi connectivity index (χ3n) is 6.62. The van der Waals surface area contributed by atoms with Gasteiger partial charge in [0.2, 0.25) is 11.8 Å². The minimum absolute atomic E-state index is 0.0273. The van der Waals surface area contributed by atoms with Gasteiger partial charge in [0.05, 0.1) is 17.7 Å². The summed E-state index contributed by atoms with van der Waals surface area (Å²) in [5.74, 6) is -0.541. The third kappa shape index (κ3) is 7.55. The van der Waals surface area contributed by atoms with Crippen molar-refractivity contribution in [2.75, 3.05) is 18.0 Å². The summed E-state index contributed by atoms with van der Waals surface area (Å²) in [6, 6.07) is 20.6. The van der Waals surface area contributed by atoms with Crippen molar-refractivity contribution in [2.24, 2.45) is 0 Å². The Morgan fingerprint density at radius 2 is 1.55 bits per heavy atom. The molecular formula is C30H36ClN3O5S. The minimum atomic E-state index is -4.18. The van der Waals surface area contributed by atoms with Crippen LogP contribution in [0.1, 0.15) is 39.2 Å². The molecule has 0 aliphatic carbocycles. The van der Waals surface area contributed by atoms with E-state index in [9.17, 15) is 18.0 Å². The van der Waals surface area contributed by atoms with Crippen molar-refractivity contribution in [3.63, 3.8) is 0 Å². The van der Waals surface area contributed by atoms with E-state index in [1.807, 2.05) is 20.8 Å². The van der Waals surface area contributed by atoms with Gasteiger partial charge >= 0.3 is 0 Å². The number of hydrogen-bond donors (Lipinski definition) is 1. The first-order valence-corrected chi connectivity index (χ1v) is 15.0. The molecule has 0 aliphatic heterocycles. The molecule has 0 saturated heterocycles. The van der Waals surface area contributed by atoms with Crippen molar-refractivity contribution in [3.05, 3.63) is 89.4 Å². The molecule has 8 nitrogen and oxygen atoms in total. The van der Waals surface area contributed by atoms with Gasteiger partial charge in [0, 0.05) is 17.6 Å². The normalized spacial score (nSPS) is 12.7. The molecule has 214 valence electrons. The molecule has 10 heteroatoms. The van der Waals surface area contributed by atoms with Gasteiger partial charge in [-0.3, -0.25) is 13.9 Å². The Bertz CT molecular complexity index is 1380. The van der Waals surface area contributed by atoms with Gasteiger partial charge in [-0.1, -0.05) is 67.9 Å². The van der Waals surface area contributed by atoms with Crippen molar-refractivity contribution >= 4 is 39.1 Å². The first kappa shape index (κ1) is 31.0. The molecule has 0 unspecified atom stereocenters. The van der Waals surface area contributed by atoms with Crippen LogP contribution in [0.4, 0.5) is 5.69 Å². The molecule has 0 heterocycles. The summed E-state index contributed by atoms with van der Waals surface area (Å²) in [7, 11) is -2.74. The zero-order valence-corrected chi connectivity index (χ0v) is 24.8. The highest BCUT2D eigenvalue weighted by Crippen LogP contribution is 2.32. The van der Waals surface area contributed by atoms with Crippen molar-refractivity contribution in [1.82, 2.24) is 10.2 Å². The molecule has 0 radical (unpaired) electrons. The van der Waals surface area contributed by atoms with Crippen LogP contribution in [0.5, 0.6) is 5.75 Å². The number of nitrogens with zero attached hydrogens (tertiary/aromatic N) is 2.